The van der Waals surface area contributed by atoms with Crippen LogP contribution < -0.4 is 19.5 Å². The second kappa shape index (κ2) is 7.43. The van der Waals surface area contributed by atoms with E-state index in [1.807, 2.05) is 18.2 Å². The van der Waals surface area contributed by atoms with Gasteiger partial charge < -0.3 is 14.8 Å². The zero-order valence-electron chi connectivity index (χ0n) is 13.9. The summed E-state index contributed by atoms with van der Waals surface area (Å²) < 4.78 is 36.3. The molecule has 1 heterocycles. The number of hydrogen-bond donors (Lipinski definition) is 2. The summed E-state index contributed by atoms with van der Waals surface area (Å²) in [6, 6.07) is 11.6. The first-order valence-corrected chi connectivity index (χ1v) is 10.0. The molecule has 2 aromatic carbocycles. The van der Waals surface area contributed by atoms with Crippen LogP contribution in [0.5, 0.6) is 11.5 Å². The molecule has 0 fully saturated rings. The van der Waals surface area contributed by atoms with Crippen LogP contribution in [0.25, 0.3) is 0 Å². The Bertz CT molecular complexity index is 933. The van der Waals surface area contributed by atoms with Crippen molar-refractivity contribution >= 4 is 33.2 Å². The minimum atomic E-state index is -3.45. The minimum absolute atomic E-state index is 0.164. The van der Waals surface area contributed by atoms with E-state index in [1.165, 1.54) is 18.2 Å². The zero-order valence-corrected chi connectivity index (χ0v) is 15.4. The number of amides is 1. The van der Waals surface area contributed by atoms with Gasteiger partial charge in [0, 0.05) is 5.69 Å². The topological polar surface area (TPSA) is 93.7 Å². The highest BCUT2D eigenvalue weighted by Gasteiger charge is 2.22. The maximum absolute atomic E-state index is 12.4. The lowest BCUT2D eigenvalue weighted by molar-refractivity contribution is 0.0789. The molecule has 1 amide bonds. The normalized spacial score (nSPS) is 16.0. The van der Waals surface area contributed by atoms with Crippen molar-refractivity contribution in [1.82, 2.24) is 5.32 Å². The molecule has 1 aliphatic heterocycles. The summed E-state index contributed by atoms with van der Waals surface area (Å²) in [6.07, 6.45) is 0.685. The molecule has 2 N–H and O–H groups in total. The van der Waals surface area contributed by atoms with E-state index in [0.29, 0.717) is 18.1 Å². The van der Waals surface area contributed by atoms with Crippen LogP contribution in [-0.4, -0.2) is 39.8 Å². The van der Waals surface area contributed by atoms with E-state index in [1.54, 1.807) is 6.07 Å². The van der Waals surface area contributed by atoms with E-state index in [0.717, 1.165) is 6.26 Å². The average Bonchev–Trinajstić information content (AvgIpc) is 2.60. The Balaban J connectivity index is 1.64. The quantitative estimate of drug-likeness (QED) is 0.808. The fourth-order valence-corrected chi connectivity index (χ4v) is 3.20. The Morgan fingerprint density at radius 3 is 2.69 bits per heavy atom. The van der Waals surface area contributed by atoms with Gasteiger partial charge in [-0.1, -0.05) is 23.7 Å². The number of rotatable bonds is 5. The van der Waals surface area contributed by atoms with Crippen LogP contribution in [0.4, 0.5) is 5.69 Å². The van der Waals surface area contributed by atoms with Gasteiger partial charge >= 0.3 is 0 Å². The third kappa shape index (κ3) is 4.59. The van der Waals surface area contributed by atoms with Gasteiger partial charge in [-0.2, -0.15) is 0 Å². The molecule has 0 unspecified atom stereocenters. The number of ether oxygens (including phenoxy) is 2. The number of nitrogens with one attached hydrogen (secondary N) is 2. The molecule has 0 saturated carbocycles. The Morgan fingerprint density at radius 2 is 1.96 bits per heavy atom. The number of carbonyl (C=O) groups is 1. The third-order valence-corrected chi connectivity index (χ3v) is 4.51. The van der Waals surface area contributed by atoms with Crippen LogP contribution in [0.15, 0.2) is 42.5 Å². The van der Waals surface area contributed by atoms with Crippen molar-refractivity contribution in [2.24, 2.45) is 0 Å². The van der Waals surface area contributed by atoms with Crippen LogP contribution in [0.3, 0.4) is 0 Å². The molecule has 0 saturated heterocycles. The molecule has 1 atom stereocenters. The molecule has 9 heteroatoms. The Morgan fingerprint density at radius 1 is 1.23 bits per heavy atom. The lowest BCUT2D eigenvalue weighted by atomic mass is 10.2. The van der Waals surface area contributed by atoms with Crippen LogP contribution in [-0.2, 0) is 10.0 Å². The van der Waals surface area contributed by atoms with Crippen LogP contribution >= 0.6 is 11.6 Å². The fraction of sp³-hybridized carbons (Fsp3) is 0.235. The molecule has 3 rings (SSSR count). The van der Waals surface area contributed by atoms with E-state index in [2.05, 4.69) is 10.0 Å². The molecular weight excluding hydrogens is 380 g/mol. The lowest BCUT2D eigenvalue weighted by Gasteiger charge is -2.26. The van der Waals surface area contributed by atoms with Gasteiger partial charge in [0.05, 0.1) is 23.4 Å². The Labute approximate surface area is 156 Å². The first-order valence-electron chi connectivity index (χ1n) is 7.76. The van der Waals surface area contributed by atoms with Gasteiger partial charge in [-0.05, 0) is 30.3 Å². The van der Waals surface area contributed by atoms with Crippen molar-refractivity contribution < 1.29 is 22.7 Å². The van der Waals surface area contributed by atoms with E-state index >= 15 is 0 Å². The maximum atomic E-state index is 12.4. The number of carbonyl (C=O) groups excluding carboxylic acids is 1. The summed E-state index contributed by atoms with van der Waals surface area (Å²) in [4.78, 5) is 12.4. The second-order valence-corrected chi connectivity index (χ2v) is 7.93. The number of hydrogen-bond acceptors (Lipinski definition) is 5. The summed E-state index contributed by atoms with van der Waals surface area (Å²) in [5, 5.41) is 2.94. The second-order valence-electron chi connectivity index (χ2n) is 5.78. The number of fused-ring (bicyclic) bond motifs is 1. The molecule has 138 valence electrons. The number of anilines is 1. The van der Waals surface area contributed by atoms with Crippen molar-refractivity contribution in [3.63, 3.8) is 0 Å². The number of benzene rings is 2. The van der Waals surface area contributed by atoms with Gasteiger partial charge in [0.1, 0.15) is 12.7 Å². The zero-order chi connectivity index (χ0) is 18.7. The van der Waals surface area contributed by atoms with Crippen LogP contribution in [0.1, 0.15) is 10.4 Å². The van der Waals surface area contributed by atoms with Gasteiger partial charge in [-0.25, -0.2) is 8.42 Å². The number of halogens is 1. The van der Waals surface area contributed by atoms with Crippen molar-refractivity contribution in [2.45, 2.75) is 6.10 Å². The maximum Gasteiger partial charge on any atom is 0.253 e. The number of sulfonamides is 1. The molecule has 0 bridgehead atoms. The van der Waals surface area contributed by atoms with E-state index in [-0.39, 0.29) is 28.9 Å². The van der Waals surface area contributed by atoms with E-state index in [9.17, 15) is 13.2 Å². The van der Waals surface area contributed by atoms with Gasteiger partial charge in [-0.15, -0.1) is 0 Å². The first-order chi connectivity index (χ1) is 12.3. The molecular formula is C17H17ClN2O5S. The average molecular weight is 397 g/mol. The Kier molecular flexibility index (Phi) is 5.24. The predicted molar refractivity (Wildman–Crippen MR) is 98.6 cm³/mol. The molecule has 7 nitrogen and oxygen atoms in total. The molecule has 0 aromatic heterocycles. The minimum Gasteiger partial charge on any atom is -0.486 e. The monoisotopic (exact) mass is 396 g/mol. The standard InChI is InChI=1S/C17H17ClN2O5S/c1-26(22,23)20-11-6-7-14(18)13(8-11)17(21)19-9-12-10-24-15-4-2-3-5-16(15)25-12/h2-8,12,20H,9-10H2,1H3,(H,19,21)/t12-/m1/s1. The van der Waals surface area contributed by atoms with Crippen LogP contribution in [0.2, 0.25) is 5.02 Å². The molecule has 2 aromatic rings. The lowest BCUT2D eigenvalue weighted by Crippen LogP contribution is -2.40. The van der Waals surface area contributed by atoms with Gasteiger partial charge in [0.2, 0.25) is 10.0 Å². The van der Waals surface area contributed by atoms with Crippen LogP contribution in [0, 0.1) is 0 Å². The van der Waals surface area contributed by atoms with Crippen molar-refractivity contribution in [3.8, 4) is 11.5 Å². The molecule has 1 aliphatic rings. The Hall–Kier alpha value is -2.45. The van der Waals surface area contributed by atoms with E-state index in [4.69, 9.17) is 21.1 Å². The SMILES string of the molecule is CS(=O)(=O)Nc1ccc(Cl)c(C(=O)NC[C@@H]2COc3ccccc3O2)c1. The predicted octanol–water partition coefficient (Wildman–Crippen LogP) is 2.28. The smallest absolute Gasteiger partial charge is 0.253 e. The third-order valence-electron chi connectivity index (χ3n) is 3.57. The van der Waals surface area contributed by atoms with Crippen molar-refractivity contribution in [2.75, 3.05) is 24.1 Å². The highest BCUT2D eigenvalue weighted by molar-refractivity contribution is 7.92. The molecule has 0 radical (unpaired) electrons. The first kappa shape index (κ1) is 18.3. The summed E-state index contributed by atoms with van der Waals surface area (Å²) >= 11 is 6.06. The molecule has 0 spiro atoms. The number of para-hydroxylation sites is 2. The summed E-state index contributed by atoms with van der Waals surface area (Å²) in [7, 11) is -3.45. The summed E-state index contributed by atoms with van der Waals surface area (Å²) in [6.45, 7) is 0.522. The van der Waals surface area contributed by atoms with Gasteiger partial charge in [0.15, 0.2) is 11.5 Å². The van der Waals surface area contributed by atoms with Crippen molar-refractivity contribution in [3.05, 3.63) is 53.1 Å². The van der Waals surface area contributed by atoms with E-state index < -0.39 is 15.9 Å². The highest BCUT2D eigenvalue weighted by atomic mass is 35.5. The molecule has 0 aliphatic carbocycles. The van der Waals surface area contributed by atoms with Gasteiger partial charge in [0.25, 0.3) is 5.91 Å². The summed E-state index contributed by atoms with van der Waals surface area (Å²) in [5.41, 5.74) is 0.422. The molecule has 26 heavy (non-hydrogen) atoms. The summed E-state index contributed by atoms with van der Waals surface area (Å²) in [5.74, 6) is 0.850. The van der Waals surface area contributed by atoms with Crippen molar-refractivity contribution in [1.29, 1.82) is 0 Å². The largest absolute Gasteiger partial charge is 0.486 e. The highest BCUT2D eigenvalue weighted by Crippen LogP contribution is 2.30. The fourth-order valence-electron chi connectivity index (χ4n) is 2.44. The van der Waals surface area contributed by atoms with Gasteiger partial charge in [-0.3, -0.25) is 9.52 Å².